The van der Waals surface area contributed by atoms with Crippen LogP contribution in [-0.4, -0.2) is 68.5 Å². The maximum atomic E-state index is 12.9. The van der Waals surface area contributed by atoms with Crippen LogP contribution in [0.15, 0.2) is 0 Å². The summed E-state index contributed by atoms with van der Waals surface area (Å²) >= 11 is 0. The lowest BCUT2D eigenvalue weighted by atomic mass is 10.0. The highest BCUT2D eigenvalue weighted by Gasteiger charge is 2.24. The number of aliphatic hydroxyl groups excluding tert-OH is 1. The number of phosphoric acid groups is 1. The smallest absolute Gasteiger partial charge is 0.268 e. The van der Waals surface area contributed by atoms with Crippen molar-refractivity contribution in [2.75, 3.05) is 40.9 Å². The Morgan fingerprint density at radius 2 is 0.742 bits per heavy atom. The first-order valence-electron chi connectivity index (χ1n) is 29.4. The van der Waals surface area contributed by atoms with Gasteiger partial charge in [-0.05, 0) is 12.8 Å². The molecule has 9 heteroatoms. The van der Waals surface area contributed by atoms with Crippen molar-refractivity contribution in [3.63, 3.8) is 0 Å². The molecule has 0 rings (SSSR count). The van der Waals surface area contributed by atoms with Gasteiger partial charge in [-0.1, -0.05) is 290 Å². The summed E-state index contributed by atoms with van der Waals surface area (Å²) in [6, 6.07) is -0.794. The quantitative estimate of drug-likeness (QED) is 0.0357. The molecule has 0 aromatic rings. The average Bonchev–Trinajstić information content (AvgIpc) is 3.28. The summed E-state index contributed by atoms with van der Waals surface area (Å²) in [7, 11) is 1.32. The molecular formula is C57H117N2O6P. The van der Waals surface area contributed by atoms with E-state index in [1.807, 2.05) is 21.1 Å². The minimum Gasteiger partial charge on any atom is -0.756 e. The first-order chi connectivity index (χ1) is 32.0. The summed E-state index contributed by atoms with van der Waals surface area (Å²) in [5.74, 6) is -0.158. The summed E-state index contributed by atoms with van der Waals surface area (Å²) in [5.41, 5.74) is 0. The number of phosphoric ester groups is 1. The van der Waals surface area contributed by atoms with Crippen molar-refractivity contribution in [3.8, 4) is 0 Å². The fraction of sp³-hybridized carbons (Fsp3) is 0.982. The van der Waals surface area contributed by atoms with Crippen molar-refractivity contribution in [3.05, 3.63) is 0 Å². The molecule has 0 fully saturated rings. The van der Waals surface area contributed by atoms with E-state index in [-0.39, 0.29) is 19.1 Å². The van der Waals surface area contributed by atoms with Crippen molar-refractivity contribution in [1.29, 1.82) is 0 Å². The zero-order chi connectivity index (χ0) is 48.5. The molecule has 1 amide bonds. The second kappa shape index (κ2) is 49.5. The molecule has 0 spiro atoms. The van der Waals surface area contributed by atoms with Gasteiger partial charge in [-0.2, -0.15) is 0 Å². The summed E-state index contributed by atoms with van der Waals surface area (Å²) in [4.78, 5) is 25.5. The first-order valence-corrected chi connectivity index (χ1v) is 30.8. The molecule has 396 valence electrons. The molecule has 2 N–H and O–H groups in total. The van der Waals surface area contributed by atoms with Gasteiger partial charge in [-0.25, -0.2) is 0 Å². The van der Waals surface area contributed by atoms with Crippen LogP contribution in [0.3, 0.4) is 0 Å². The molecule has 0 saturated carbocycles. The molecule has 0 aliphatic carbocycles. The number of nitrogens with one attached hydrogen (secondary N) is 1. The Balaban J connectivity index is 3.91. The topological polar surface area (TPSA) is 108 Å². The van der Waals surface area contributed by atoms with Gasteiger partial charge in [0.2, 0.25) is 5.91 Å². The second-order valence-corrected chi connectivity index (χ2v) is 23.1. The van der Waals surface area contributed by atoms with Gasteiger partial charge < -0.3 is 28.8 Å². The second-order valence-electron chi connectivity index (χ2n) is 21.7. The van der Waals surface area contributed by atoms with Crippen LogP contribution in [-0.2, 0) is 18.4 Å². The molecule has 0 radical (unpaired) electrons. The van der Waals surface area contributed by atoms with Gasteiger partial charge in [0.15, 0.2) is 0 Å². The van der Waals surface area contributed by atoms with E-state index in [0.717, 1.165) is 38.5 Å². The van der Waals surface area contributed by atoms with E-state index >= 15 is 0 Å². The van der Waals surface area contributed by atoms with Gasteiger partial charge in [-0.15, -0.1) is 0 Å². The third-order valence-corrected chi connectivity index (χ3v) is 14.8. The Kier molecular flexibility index (Phi) is 49.1. The zero-order valence-electron chi connectivity index (χ0n) is 45.2. The highest BCUT2D eigenvalue weighted by molar-refractivity contribution is 7.45. The van der Waals surface area contributed by atoms with Crippen molar-refractivity contribution in [1.82, 2.24) is 5.32 Å². The van der Waals surface area contributed by atoms with Crippen molar-refractivity contribution in [2.45, 2.75) is 321 Å². The maximum Gasteiger partial charge on any atom is 0.268 e. The molecule has 0 aromatic heterocycles. The van der Waals surface area contributed by atoms with Gasteiger partial charge in [0.05, 0.1) is 39.9 Å². The highest BCUT2D eigenvalue weighted by atomic mass is 31.2. The summed E-state index contributed by atoms with van der Waals surface area (Å²) in [5, 5.41) is 14.0. The molecule has 3 unspecified atom stereocenters. The monoisotopic (exact) mass is 957 g/mol. The minimum absolute atomic E-state index is 0.0163. The van der Waals surface area contributed by atoms with Crippen LogP contribution in [0.4, 0.5) is 0 Å². The number of hydrogen-bond acceptors (Lipinski definition) is 6. The molecule has 66 heavy (non-hydrogen) atoms. The molecule has 0 saturated heterocycles. The van der Waals surface area contributed by atoms with E-state index in [2.05, 4.69) is 19.2 Å². The number of rotatable bonds is 55. The first kappa shape index (κ1) is 65.5. The predicted octanol–water partition coefficient (Wildman–Crippen LogP) is 17.0. The SMILES string of the molecule is CCCCCCCCCCCCCCCCCCCCCCCCCCCCCCCCCCC(=O)NC(COP(=O)([O-])OCC[N+](C)(C)C)C(O)CCCCCCCCCCCCCC. The van der Waals surface area contributed by atoms with E-state index in [1.54, 1.807) is 0 Å². The van der Waals surface area contributed by atoms with Crippen LogP contribution >= 0.6 is 7.82 Å². The molecule has 8 nitrogen and oxygen atoms in total. The molecule has 0 aliphatic rings. The molecule has 0 heterocycles. The fourth-order valence-corrected chi connectivity index (χ4v) is 9.94. The normalized spacial score (nSPS) is 13.9. The van der Waals surface area contributed by atoms with Gasteiger partial charge in [-0.3, -0.25) is 9.36 Å². The fourth-order valence-electron chi connectivity index (χ4n) is 9.22. The zero-order valence-corrected chi connectivity index (χ0v) is 46.1. The Hall–Kier alpha value is -0.500. The number of hydrogen-bond donors (Lipinski definition) is 2. The van der Waals surface area contributed by atoms with Crippen LogP contribution in [0, 0.1) is 0 Å². The van der Waals surface area contributed by atoms with Crippen molar-refractivity contribution >= 4 is 13.7 Å². The third-order valence-electron chi connectivity index (χ3n) is 13.8. The van der Waals surface area contributed by atoms with E-state index in [9.17, 15) is 19.4 Å². The Labute approximate surface area is 412 Å². The van der Waals surface area contributed by atoms with Gasteiger partial charge in [0.25, 0.3) is 7.82 Å². The lowest BCUT2D eigenvalue weighted by Gasteiger charge is -2.30. The van der Waals surface area contributed by atoms with Crippen LogP contribution < -0.4 is 10.2 Å². The van der Waals surface area contributed by atoms with Gasteiger partial charge in [0.1, 0.15) is 13.2 Å². The molecule has 3 atom stereocenters. The number of carbonyl (C=O) groups is 1. The largest absolute Gasteiger partial charge is 0.756 e. The maximum absolute atomic E-state index is 12.9. The van der Waals surface area contributed by atoms with Crippen LogP contribution in [0.25, 0.3) is 0 Å². The van der Waals surface area contributed by atoms with Gasteiger partial charge in [0, 0.05) is 6.42 Å². The molecule has 0 bridgehead atoms. The average molecular weight is 958 g/mol. The highest BCUT2D eigenvalue weighted by Crippen LogP contribution is 2.38. The lowest BCUT2D eigenvalue weighted by Crippen LogP contribution is -2.46. The Bertz CT molecular complexity index is 1040. The molecule has 0 aromatic carbocycles. The number of likely N-dealkylation sites (N-methyl/N-ethyl adjacent to an activating group) is 1. The lowest BCUT2D eigenvalue weighted by molar-refractivity contribution is -0.870. The van der Waals surface area contributed by atoms with E-state index < -0.39 is 20.0 Å². The third kappa shape index (κ3) is 51.4. The molecular weight excluding hydrogens is 840 g/mol. The predicted molar refractivity (Wildman–Crippen MR) is 284 cm³/mol. The van der Waals surface area contributed by atoms with Crippen LogP contribution in [0.5, 0.6) is 0 Å². The van der Waals surface area contributed by atoms with Crippen LogP contribution in [0.2, 0.25) is 0 Å². The summed E-state index contributed by atoms with van der Waals surface area (Å²) < 4.78 is 23.4. The number of carbonyl (C=O) groups excluding carboxylic acids is 1. The number of unbranched alkanes of at least 4 members (excludes halogenated alkanes) is 42. The molecule has 0 aliphatic heterocycles. The summed E-state index contributed by atoms with van der Waals surface area (Å²) in [6.07, 6.45) is 58.7. The standard InChI is InChI=1S/C57H117N2O6P/c1-6-8-10-12-14-16-18-20-21-22-23-24-25-26-27-28-29-30-31-32-33-34-35-36-37-38-39-41-43-45-47-49-51-57(61)58-55(54-65-66(62,63)64-53-52-59(3,4)5)56(60)50-48-46-44-42-40-19-17-15-13-11-9-7-2/h55-56,60H,6-54H2,1-5H3,(H-,58,61,62,63). The number of nitrogens with zero attached hydrogens (tertiary/aromatic N) is 1. The van der Waals surface area contributed by atoms with Crippen molar-refractivity contribution in [2.24, 2.45) is 0 Å². The minimum atomic E-state index is -4.56. The number of amides is 1. The van der Waals surface area contributed by atoms with E-state index in [0.29, 0.717) is 23.9 Å². The van der Waals surface area contributed by atoms with E-state index in [1.165, 1.54) is 244 Å². The van der Waals surface area contributed by atoms with Crippen molar-refractivity contribution < 1.29 is 32.9 Å². The number of quaternary nitrogens is 1. The Morgan fingerprint density at radius 1 is 0.470 bits per heavy atom. The summed E-state index contributed by atoms with van der Waals surface area (Å²) in [6.45, 7) is 4.76. The Morgan fingerprint density at radius 3 is 1.03 bits per heavy atom. The number of aliphatic hydroxyl groups is 1. The van der Waals surface area contributed by atoms with Gasteiger partial charge >= 0.3 is 0 Å². The van der Waals surface area contributed by atoms with Crippen LogP contribution in [0.1, 0.15) is 309 Å². The van der Waals surface area contributed by atoms with E-state index in [4.69, 9.17) is 9.05 Å².